The molecule has 0 fully saturated rings. The molecule has 0 aliphatic rings. The molecule has 0 atom stereocenters. The molecule has 0 saturated carbocycles. The summed E-state index contributed by atoms with van der Waals surface area (Å²) < 4.78 is 9.74. The predicted molar refractivity (Wildman–Crippen MR) is 91.6 cm³/mol. The molecule has 0 aromatic heterocycles. The van der Waals surface area contributed by atoms with Crippen molar-refractivity contribution in [2.24, 2.45) is 0 Å². The summed E-state index contributed by atoms with van der Waals surface area (Å²) in [5.74, 6) is -0.729. The number of aldehydes is 1. The number of hydrogen-bond acceptors (Lipinski definition) is 5. The van der Waals surface area contributed by atoms with Crippen LogP contribution in [0.5, 0.6) is 0 Å². The number of carbonyl (C=O) groups is 3. The van der Waals surface area contributed by atoms with Crippen molar-refractivity contribution >= 4 is 24.4 Å². The van der Waals surface area contributed by atoms with Crippen LogP contribution in [0, 0.1) is 0 Å². The van der Waals surface area contributed by atoms with Crippen molar-refractivity contribution in [1.82, 2.24) is 5.32 Å². The highest BCUT2D eigenvalue weighted by Gasteiger charge is 2.14. The van der Waals surface area contributed by atoms with Gasteiger partial charge in [0.15, 0.2) is 0 Å². The summed E-state index contributed by atoms with van der Waals surface area (Å²) in [6.07, 6.45) is 1.31. The number of benzene rings is 2. The maximum atomic E-state index is 11.9. The van der Waals surface area contributed by atoms with Gasteiger partial charge in [-0.3, -0.25) is 10.1 Å². The number of methoxy groups -OCH3 is 1. The zero-order chi connectivity index (χ0) is 18.1. The molecule has 25 heavy (non-hydrogen) atoms. The lowest BCUT2D eigenvalue weighted by Crippen LogP contribution is -2.28. The molecule has 2 rings (SSSR count). The SMILES string of the molecule is COC(=O)/C(=C/c1cccc(C=O)c1)NC(=O)OCc1ccccc1. The second-order valence-electron chi connectivity index (χ2n) is 5.02. The van der Waals surface area contributed by atoms with Crippen molar-refractivity contribution in [2.45, 2.75) is 6.61 Å². The van der Waals surface area contributed by atoms with E-state index in [1.165, 1.54) is 13.2 Å². The Hall–Kier alpha value is -3.41. The van der Waals surface area contributed by atoms with Gasteiger partial charge in [-0.05, 0) is 23.3 Å². The van der Waals surface area contributed by atoms with Gasteiger partial charge in [-0.2, -0.15) is 0 Å². The van der Waals surface area contributed by atoms with Crippen molar-refractivity contribution in [2.75, 3.05) is 7.11 Å². The molecule has 6 nitrogen and oxygen atoms in total. The number of esters is 1. The summed E-state index contributed by atoms with van der Waals surface area (Å²) in [6.45, 7) is 0.0712. The minimum atomic E-state index is -0.785. The maximum Gasteiger partial charge on any atom is 0.412 e. The average Bonchev–Trinajstić information content (AvgIpc) is 2.66. The topological polar surface area (TPSA) is 81.7 Å². The number of nitrogens with one attached hydrogen (secondary N) is 1. The molecule has 0 radical (unpaired) electrons. The highest BCUT2D eigenvalue weighted by molar-refractivity contribution is 5.96. The number of rotatable bonds is 6. The Bertz CT molecular complexity index is 783. The van der Waals surface area contributed by atoms with Crippen molar-refractivity contribution < 1.29 is 23.9 Å². The average molecular weight is 339 g/mol. The highest BCUT2D eigenvalue weighted by Crippen LogP contribution is 2.09. The molecule has 0 unspecified atom stereocenters. The van der Waals surface area contributed by atoms with E-state index in [4.69, 9.17) is 4.74 Å². The predicted octanol–water partition coefficient (Wildman–Crippen LogP) is 2.94. The van der Waals surface area contributed by atoms with E-state index in [0.29, 0.717) is 17.4 Å². The van der Waals surface area contributed by atoms with Gasteiger partial charge in [-0.1, -0.05) is 48.5 Å². The summed E-state index contributed by atoms with van der Waals surface area (Å²) in [5.41, 5.74) is 1.74. The van der Waals surface area contributed by atoms with Crippen LogP contribution in [0.2, 0.25) is 0 Å². The van der Waals surface area contributed by atoms with Crippen LogP contribution in [-0.2, 0) is 20.9 Å². The number of alkyl carbamates (subject to hydrolysis) is 1. The van der Waals surface area contributed by atoms with Crippen LogP contribution in [0.1, 0.15) is 21.5 Å². The highest BCUT2D eigenvalue weighted by atomic mass is 16.6. The van der Waals surface area contributed by atoms with Crippen LogP contribution in [-0.4, -0.2) is 25.5 Å². The Balaban J connectivity index is 2.09. The fourth-order valence-electron chi connectivity index (χ4n) is 2.01. The Morgan fingerprint density at radius 1 is 1.04 bits per heavy atom. The van der Waals surface area contributed by atoms with Gasteiger partial charge in [-0.25, -0.2) is 9.59 Å². The quantitative estimate of drug-likeness (QED) is 0.497. The summed E-state index contributed by atoms with van der Waals surface area (Å²) in [6, 6.07) is 15.7. The molecular formula is C19H17NO5. The van der Waals surface area contributed by atoms with E-state index in [1.807, 2.05) is 30.3 Å². The van der Waals surface area contributed by atoms with E-state index in [1.54, 1.807) is 24.3 Å². The van der Waals surface area contributed by atoms with Gasteiger partial charge < -0.3 is 9.47 Å². The summed E-state index contributed by atoms with van der Waals surface area (Å²) in [4.78, 5) is 34.6. The molecule has 0 saturated heterocycles. The van der Waals surface area contributed by atoms with E-state index in [-0.39, 0.29) is 12.3 Å². The van der Waals surface area contributed by atoms with Gasteiger partial charge in [0.2, 0.25) is 0 Å². The van der Waals surface area contributed by atoms with E-state index in [2.05, 4.69) is 10.1 Å². The Labute approximate surface area is 145 Å². The molecule has 2 aromatic carbocycles. The summed E-state index contributed by atoms with van der Waals surface area (Å²) in [7, 11) is 1.20. The second kappa shape index (κ2) is 9.02. The number of ether oxygens (including phenoxy) is 2. The number of hydrogen-bond donors (Lipinski definition) is 1. The lowest BCUT2D eigenvalue weighted by atomic mass is 10.1. The van der Waals surface area contributed by atoms with E-state index >= 15 is 0 Å². The molecule has 2 aromatic rings. The van der Waals surface area contributed by atoms with Gasteiger partial charge in [0, 0.05) is 5.56 Å². The molecule has 0 aliphatic carbocycles. The second-order valence-corrected chi connectivity index (χ2v) is 5.02. The zero-order valence-corrected chi connectivity index (χ0v) is 13.6. The van der Waals surface area contributed by atoms with E-state index < -0.39 is 12.1 Å². The molecule has 1 amide bonds. The molecule has 128 valence electrons. The first kappa shape index (κ1) is 17.9. The van der Waals surface area contributed by atoms with Gasteiger partial charge in [0.05, 0.1) is 7.11 Å². The Morgan fingerprint density at radius 2 is 1.76 bits per heavy atom. The molecule has 0 bridgehead atoms. The normalized spacial score (nSPS) is 10.7. The lowest BCUT2D eigenvalue weighted by Gasteiger charge is -2.09. The van der Waals surface area contributed by atoms with Crippen LogP contribution < -0.4 is 5.32 Å². The Kier molecular flexibility index (Phi) is 6.47. The molecule has 0 spiro atoms. The monoisotopic (exact) mass is 339 g/mol. The molecular weight excluding hydrogens is 322 g/mol. The van der Waals surface area contributed by atoms with Crippen LogP contribution in [0.4, 0.5) is 4.79 Å². The van der Waals surface area contributed by atoms with Crippen molar-refractivity contribution in [3.63, 3.8) is 0 Å². The van der Waals surface area contributed by atoms with Gasteiger partial charge >= 0.3 is 12.1 Å². The minimum Gasteiger partial charge on any atom is -0.464 e. The fourth-order valence-corrected chi connectivity index (χ4v) is 2.01. The summed E-state index contributed by atoms with van der Waals surface area (Å²) in [5, 5.41) is 2.36. The third-order valence-electron chi connectivity index (χ3n) is 3.21. The maximum absolute atomic E-state index is 11.9. The van der Waals surface area contributed by atoms with Crippen LogP contribution in [0.15, 0.2) is 60.3 Å². The van der Waals surface area contributed by atoms with Gasteiger partial charge in [-0.15, -0.1) is 0 Å². The van der Waals surface area contributed by atoms with Gasteiger partial charge in [0.25, 0.3) is 0 Å². The lowest BCUT2D eigenvalue weighted by molar-refractivity contribution is -0.136. The number of amides is 1. The van der Waals surface area contributed by atoms with E-state index in [9.17, 15) is 14.4 Å². The first-order chi connectivity index (χ1) is 12.1. The molecule has 0 heterocycles. The van der Waals surface area contributed by atoms with Crippen molar-refractivity contribution in [1.29, 1.82) is 0 Å². The minimum absolute atomic E-state index is 0.0712. The van der Waals surface area contributed by atoms with Crippen molar-refractivity contribution in [3.05, 3.63) is 77.0 Å². The van der Waals surface area contributed by atoms with Crippen LogP contribution >= 0.6 is 0 Å². The standard InChI is InChI=1S/C19H17NO5/c1-24-18(22)17(11-15-8-5-9-16(10-15)12-21)20-19(23)25-13-14-6-3-2-4-7-14/h2-12H,13H2,1H3,(H,20,23)/b17-11-. The van der Waals surface area contributed by atoms with E-state index in [0.717, 1.165) is 5.56 Å². The third kappa shape index (κ3) is 5.62. The fraction of sp³-hybridized carbons (Fsp3) is 0.105. The molecule has 6 heteroatoms. The zero-order valence-electron chi connectivity index (χ0n) is 13.6. The van der Waals surface area contributed by atoms with Crippen LogP contribution in [0.3, 0.4) is 0 Å². The van der Waals surface area contributed by atoms with Crippen LogP contribution in [0.25, 0.3) is 6.08 Å². The molecule has 1 N–H and O–H groups in total. The third-order valence-corrected chi connectivity index (χ3v) is 3.21. The summed E-state index contributed by atoms with van der Waals surface area (Å²) >= 11 is 0. The first-order valence-corrected chi connectivity index (χ1v) is 7.45. The number of carbonyl (C=O) groups excluding carboxylic acids is 3. The first-order valence-electron chi connectivity index (χ1n) is 7.45. The Morgan fingerprint density at radius 3 is 2.44 bits per heavy atom. The molecule has 0 aliphatic heterocycles. The largest absolute Gasteiger partial charge is 0.464 e. The van der Waals surface area contributed by atoms with Crippen molar-refractivity contribution in [3.8, 4) is 0 Å². The smallest absolute Gasteiger partial charge is 0.412 e. The van der Waals surface area contributed by atoms with Gasteiger partial charge in [0.1, 0.15) is 18.6 Å².